The first-order valence-electron chi connectivity index (χ1n) is 9.64. The maximum Gasteiger partial charge on any atom is -0.0152 e. The Labute approximate surface area is 160 Å². The lowest BCUT2D eigenvalue weighted by Crippen LogP contribution is -1.85. The highest BCUT2D eigenvalue weighted by Crippen LogP contribution is 2.25. The van der Waals surface area contributed by atoms with Gasteiger partial charge in [0.1, 0.15) is 0 Å². The van der Waals surface area contributed by atoms with Crippen molar-refractivity contribution in [1.29, 1.82) is 0 Å². The van der Waals surface area contributed by atoms with Crippen molar-refractivity contribution in [3.05, 3.63) is 95.1 Å². The van der Waals surface area contributed by atoms with Gasteiger partial charge >= 0.3 is 0 Å². The van der Waals surface area contributed by atoms with Gasteiger partial charge in [-0.3, -0.25) is 0 Å². The summed E-state index contributed by atoms with van der Waals surface area (Å²) in [5, 5.41) is 0. The standard InChI is InChI=1S/C14H14.C8H10.C4H10/c1-11-7-3-5-9-13(11)14-10-6-4-8-12(14)2;1-7-3-5-8(2)6-4-7;1-3-4-2/h3-10H,1-2H3;3-6H,1-2H3;3-4H2,1-2H3. The highest BCUT2D eigenvalue weighted by Gasteiger charge is 2.02. The minimum absolute atomic E-state index is 1.32. The predicted octanol–water partition coefficient (Wildman–Crippen LogP) is 8.08. The average molecular weight is 347 g/mol. The molecule has 0 fully saturated rings. The van der Waals surface area contributed by atoms with Gasteiger partial charge in [-0.25, -0.2) is 0 Å². The molecule has 0 heteroatoms. The van der Waals surface area contributed by atoms with Crippen LogP contribution < -0.4 is 0 Å². The molecule has 0 nitrogen and oxygen atoms in total. The topological polar surface area (TPSA) is 0 Å². The van der Waals surface area contributed by atoms with E-state index in [2.05, 4.69) is 114 Å². The summed E-state index contributed by atoms with van der Waals surface area (Å²) in [5.74, 6) is 0. The lowest BCUT2D eigenvalue weighted by molar-refractivity contribution is 0.886. The highest BCUT2D eigenvalue weighted by atomic mass is 14.1. The molecule has 0 unspecified atom stereocenters. The van der Waals surface area contributed by atoms with Gasteiger partial charge in [-0.15, -0.1) is 0 Å². The van der Waals surface area contributed by atoms with Gasteiger partial charge in [0.2, 0.25) is 0 Å². The number of benzene rings is 3. The van der Waals surface area contributed by atoms with Crippen LogP contribution in [0, 0.1) is 27.7 Å². The average Bonchev–Trinajstić information content (AvgIpc) is 2.66. The fourth-order valence-electron chi connectivity index (χ4n) is 2.39. The maximum absolute atomic E-state index is 2.18. The summed E-state index contributed by atoms with van der Waals surface area (Å²) in [7, 11) is 0. The van der Waals surface area contributed by atoms with Crippen LogP contribution in [-0.4, -0.2) is 0 Å². The van der Waals surface area contributed by atoms with Gasteiger partial charge in [-0.1, -0.05) is 111 Å². The van der Waals surface area contributed by atoms with Crippen LogP contribution in [0.5, 0.6) is 0 Å². The van der Waals surface area contributed by atoms with Crippen LogP contribution in [0.1, 0.15) is 48.9 Å². The van der Waals surface area contributed by atoms with Gasteiger partial charge in [-0.2, -0.15) is 0 Å². The summed E-state index contributed by atoms with van der Waals surface area (Å²) in [5.41, 5.74) is 8.01. The number of unbranched alkanes of at least 4 members (excludes halogenated alkanes) is 1. The van der Waals surface area contributed by atoms with Gasteiger partial charge < -0.3 is 0 Å². The number of hydrogen-bond acceptors (Lipinski definition) is 0. The van der Waals surface area contributed by atoms with Crippen LogP contribution >= 0.6 is 0 Å². The number of rotatable bonds is 2. The zero-order valence-electron chi connectivity index (χ0n) is 17.3. The van der Waals surface area contributed by atoms with E-state index in [1.54, 1.807) is 0 Å². The normalized spacial score (nSPS) is 9.46. The molecule has 0 amide bonds. The van der Waals surface area contributed by atoms with Crippen molar-refractivity contribution in [3.8, 4) is 11.1 Å². The third-order valence-corrected chi connectivity index (χ3v) is 4.30. The Morgan fingerprint density at radius 2 is 0.769 bits per heavy atom. The predicted molar refractivity (Wildman–Crippen MR) is 118 cm³/mol. The molecule has 0 aliphatic carbocycles. The zero-order valence-corrected chi connectivity index (χ0v) is 17.3. The Balaban J connectivity index is 0.000000238. The highest BCUT2D eigenvalue weighted by molar-refractivity contribution is 5.70. The van der Waals surface area contributed by atoms with Crippen molar-refractivity contribution in [2.45, 2.75) is 54.4 Å². The van der Waals surface area contributed by atoms with Crippen molar-refractivity contribution in [2.75, 3.05) is 0 Å². The molecular weight excluding hydrogens is 312 g/mol. The molecule has 0 radical (unpaired) electrons. The van der Waals surface area contributed by atoms with E-state index in [-0.39, 0.29) is 0 Å². The fourth-order valence-corrected chi connectivity index (χ4v) is 2.39. The first-order valence-corrected chi connectivity index (χ1v) is 9.64. The molecule has 0 N–H and O–H groups in total. The minimum atomic E-state index is 1.32. The molecule has 0 bridgehead atoms. The molecular formula is C26H34. The summed E-state index contributed by atoms with van der Waals surface area (Å²) >= 11 is 0. The third kappa shape index (κ3) is 7.70. The molecule has 0 saturated heterocycles. The Morgan fingerprint density at radius 1 is 0.462 bits per heavy atom. The van der Waals surface area contributed by atoms with Crippen LogP contribution in [-0.2, 0) is 0 Å². The Hall–Kier alpha value is -2.34. The van der Waals surface area contributed by atoms with E-state index in [0.29, 0.717) is 0 Å². The SMILES string of the molecule is CCCC.Cc1ccc(C)cc1.Cc1ccccc1-c1ccccc1C. The van der Waals surface area contributed by atoms with Crippen LogP contribution in [0.2, 0.25) is 0 Å². The molecule has 0 aliphatic rings. The third-order valence-electron chi connectivity index (χ3n) is 4.30. The molecule has 3 aromatic carbocycles. The second-order valence-corrected chi connectivity index (χ2v) is 6.78. The molecule has 138 valence electrons. The summed E-state index contributed by atoms with van der Waals surface area (Å²) in [6.45, 7) is 12.9. The van der Waals surface area contributed by atoms with Gasteiger partial charge in [0, 0.05) is 0 Å². The van der Waals surface area contributed by atoms with Crippen LogP contribution in [0.4, 0.5) is 0 Å². The van der Waals surface area contributed by atoms with E-state index in [1.807, 2.05) is 0 Å². The Kier molecular flexibility index (Phi) is 10.1. The maximum atomic E-state index is 2.18. The van der Waals surface area contributed by atoms with Gasteiger partial charge in [0.15, 0.2) is 0 Å². The molecule has 0 atom stereocenters. The van der Waals surface area contributed by atoms with Gasteiger partial charge in [0.05, 0.1) is 0 Å². The van der Waals surface area contributed by atoms with E-state index in [1.165, 1.54) is 46.2 Å². The monoisotopic (exact) mass is 346 g/mol. The van der Waals surface area contributed by atoms with Crippen LogP contribution in [0.3, 0.4) is 0 Å². The number of hydrogen-bond donors (Lipinski definition) is 0. The molecule has 0 heterocycles. The summed E-state index contributed by atoms with van der Waals surface area (Å²) in [6.07, 6.45) is 2.64. The molecule has 0 aliphatic heterocycles. The molecule has 26 heavy (non-hydrogen) atoms. The van der Waals surface area contributed by atoms with E-state index in [4.69, 9.17) is 0 Å². The molecule has 3 rings (SSSR count). The minimum Gasteiger partial charge on any atom is -0.0654 e. The van der Waals surface area contributed by atoms with Crippen LogP contribution in [0.15, 0.2) is 72.8 Å². The Bertz CT molecular complexity index is 685. The first kappa shape index (κ1) is 21.7. The second-order valence-electron chi connectivity index (χ2n) is 6.78. The summed E-state index contributed by atoms with van der Waals surface area (Å²) in [4.78, 5) is 0. The van der Waals surface area contributed by atoms with Gasteiger partial charge in [0.25, 0.3) is 0 Å². The Morgan fingerprint density at radius 3 is 1.04 bits per heavy atom. The van der Waals surface area contributed by atoms with E-state index < -0.39 is 0 Å². The van der Waals surface area contributed by atoms with E-state index in [0.717, 1.165) is 0 Å². The lowest BCUT2D eigenvalue weighted by atomic mass is 9.97. The number of aryl methyl sites for hydroxylation is 4. The largest absolute Gasteiger partial charge is 0.0654 e. The van der Waals surface area contributed by atoms with Crippen molar-refractivity contribution >= 4 is 0 Å². The van der Waals surface area contributed by atoms with Crippen LogP contribution in [0.25, 0.3) is 11.1 Å². The van der Waals surface area contributed by atoms with Crippen molar-refractivity contribution in [2.24, 2.45) is 0 Å². The lowest BCUT2D eigenvalue weighted by Gasteiger charge is -2.08. The smallest absolute Gasteiger partial charge is 0.0152 e. The van der Waals surface area contributed by atoms with E-state index >= 15 is 0 Å². The van der Waals surface area contributed by atoms with Crippen molar-refractivity contribution in [3.63, 3.8) is 0 Å². The first-order chi connectivity index (χ1) is 12.5. The molecule has 0 spiro atoms. The quantitative estimate of drug-likeness (QED) is 0.440. The summed E-state index contributed by atoms with van der Waals surface area (Å²) in [6, 6.07) is 25.5. The fraction of sp³-hybridized carbons (Fsp3) is 0.308. The van der Waals surface area contributed by atoms with E-state index in [9.17, 15) is 0 Å². The molecule has 3 aromatic rings. The van der Waals surface area contributed by atoms with Crippen molar-refractivity contribution < 1.29 is 0 Å². The summed E-state index contributed by atoms with van der Waals surface area (Å²) < 4.78 is 0. The molecule has 0 saturated carbocycles. The zero-order chi connectivity index (χ0) is 19.4. The molecule has 0 aromatic heterocycles. The second kappa shape index (κ2) is 12.1. The van der Waals surface area contributed by atoms with Gasteiger partial charge in [-0.05, 0) is 49.9 Å². The van der Waals surface area contributed by atoms with Crippen molar-refractivity contribution in [1.82, 2.24) is 0 Å².